The Labute approximate surface area is 152 Å². The third-order valence-corrected chi connectivity index (χ3v) is 5.52. The lowest BCUT2D eigenvalue weighted by atomic mass is 10.0. The molecule has 0 radical (unpaired) electrons. The van der Waals surface area contributed by atoms with Gasteiger partial charge in [0.2, 0.25) is 0 Å². The van der Waals surface area contributed by atoms with E-state index in [1.165, 1.54) is 26.4 Å². The minimum atomic E-state index is 0.215. The van der Waals surface area contributed by atoms with Crippen LogP contribution in [-0.4, -0.2) is 36.0 Å². The zero-order valence-electron chi connectivity index (χ0n) is 14.6. The Bertz CT molecular complexity index is 796. The number of hydrogen-bond donors (Lipinski definition) is 1. The number of rotatable bonds is 6. The monoisotopic (exact) mass is 358 g/mol. The second-order valence-corrected chi connectivity index (χ2v) is 7.44. The Hall–Kier alpha value is -2.18. The summed E-state index contributed by atoms with van der Waals surface area (Å²) < 4.78 is 12.6. The Kier molecular flexibility index (Phi) is 5.50. The molecular weight excluding hydrogens is 335 g/mol. The largest absolute Gasteiger partial charge is 0.337 e. The number of halogens is 1. The topological polar surface area (TPSA) is 44.9 Å². The fourth-order valence-corrected chi connectivity index (χ4v) is 3.93. The molecule has 0 saturated carbocycles. The summed E-state index contributed by atoms with van der Waals surface area (Å²) >= 11 is 1.81. The molecule has 2 aromatic rings. The molecule has 2 N–H and O–H groups in total. The Morgan fingerprint density at radius 2 is 2.16 bits per heavy atom. The zero-order chi connectivity index (χ0) is 17.8. The van der Waals surface area contributed by atoms with Crippen molar-refractivity contribution in [1.82, 2.24) is 9.91 Å². The number of nitrogens with two attached hydrogens (primary N) is 1. The minimum absolute atomic E-state index is 0.215. The number of nitrogens with zero attached hydrogens (tertiary/aromatic N) is 3. The van der Waals surface area contributed by atoms with Crippen LogP contribution in [0.15, 0.2) is 47.3 Å². The molecule has 0 spiro atoms. The molecule has 0 bridgehead atoms. The highest BCUT2D eigenvalue weighted by atomic mass is 32.1. The first-order chi connectivity index (χ1) is 12.1. The summed E-state index contributed by atoms with van der Waals surface area (Å²) in [5.41, 5.74) is 9.99. The zero-order valence-corrected chi connectivity index (χ0v) is 15.4. The first kappa shape index (κ1) is 17.6. The van der Waals surface area contributed by atoms with Gasteiger partial charge >= 0.3 is 0 Å². The second kappa shape index (κ2) is 7.80. The molecule has 0 amide bonds. The first-order valence-corrected chi connectivity index (χ1v) is 9.09. The van der Waals surface area contributed by atoms with Crippen LogP contribution in [0.5, 0.6) is 0 Å². The predicted octanol–water partition coefficient (Wildman–Crippen LogP) is 3.86. The number of hydrogen-bond acceptors (Lipinski definition) is 5. The Balaban J connectivity index is 1.63. The Morgan fingerprint density at radius 3 is 2.92 bits per heavy atom. The first-order valence-electron chi connectivity index (χ1n) is 8.27. The molecule has 1 aromatic heterocycles. The van der Waals surface area contributed by atoms with Gasteiger partial charge in [-0.15, -0.1) is 11.3 Å². The van der Waals surface area contributed by atoms with E-state index in [4.69, 9.17) is 5.73 Å². The lowest BCUT2D eigenvalue weighted by Crippen LogP contribution is -2.28. The van der Waals surface area contributed by atoms with Crippen molar-refractivity contribution in [2.45, 2.75) is 20.4 Å². The molecule has 0 atom stereocenters. The summed E-state index contributed by atoms with van der Waals surface area (Å²) in [6.07, 6.45) is 2.39. The third-order valence-electron chi connectivity index (χ3n) is 4.42. The smallest absolute Gasteiger partial charge is 0.113 e. The van der Waals surface area contributed by atoms with Crippen LogP contribution in [0.2, 0.25) is 0 Å². The fraction of sp³-hybridized carbons (Fsp3) is 0.316. The van der Waals surface area contributed by atoms with E-state index in [2.05, 4.69) is 54.2 Å². The van der Waals surface area contributed by atoms with Crippen molar-refractivity contribution < 1.29 is 4.39 Å². The summed E-state index contributed by atoms with van der Waals surface area (Å²) in [4.78, 5) is 4.68. The molecule has 1 aromatic carbocycles. The maximum Gasteiger partial charge on any atom is 0.113 e. The van der Waals surface area contributed by atoms with Gasteiger partial charge in [0, 0.05) is 16.3 Å². The number of benzene rings is 1. The van der Waals surface area contributed by atoms with Gasteiger partial charge in [-0.2, -0.15) is 5.10 Å². The van der Waals surface area contributed by atoms with E-state index < -0.39 is 0 Å². The van der Waals surface area contributed by atoms with Crippen LogP contribution < -0.4 is 5.73 Å². The summed E-state index contributed by atoms with van der Waals surface area (Å²) in [6.45, 7) is 6.40. The van der Waals surface area contributed by atoms with Gasteiger partial charge in [-0.05, 0) is 48.2 Å². The van der Waals surface area contributed by atoms with Crippen molar-refractivity contribution >= 4 is 17.7 Å². The molecule has 3 rings (SSSR count). The molecule has 0 aliphatic carbocycles. The molecule has 0 saturated heterocycles. The van der Waals surface area contributed by atoms with E-state index in [0.717, 1.165) is 6.54 Å². The molecule has 0 fully saturated rings. The van der Waals surface area contributed by atoms with Gasteiger partial charge in [-0.3, -0.25) is 5.01 Å². The third kappa shape index (κ3) is 4.08. The molecule has 0 unspecified atom stereocenters. The maximum atomic E-state index is 12.6. The summed E-state index contributed by atoms with van der Waals surface area (Å²) in [7, 11) is 0. The minimum Gasteiger partial charge on any atom is -0.337 e. The average molecular weight is 358 g/mol. The summed E-state index contributed by atoms with van der Waals surface area (Å²) in [5.74, 6) is 0. The lowest BCUT2D eigenvalue weighted by Gasteiger charge is -2.18. The SMILES string of the molecule is Cc1cccc(-c2ccc(CN3C=NN(C/C(=C/F)CN)C3)s2)c1C. The van der Waals surface area contributed by atoms with Crippen LogP contribution in [0.1, 0.15) is 16.0 Å². The van der Waals surface area contributed by atoms with Gasteiger partial charge in [0.15, 0.2) is 0 Å². The number of aryl methyl sites for hydroxylation is 1. The summed E-state index contributed by atoms with van der Waals surface area (Å²) in [6, 6.07) is 10.8. The predicted molar refractivity (Wildman–Crippen MR) is 103 cm³/mol. The van der Waals surface area contributed by atoms with E-state index in [0.29, 0.717) is 25.1 Å². The molecule has 1 aliphatic heterocycles. The summed E-state index contributed by atoms with van der Waals surface area (Å²) in [5, 5.41) is 6.13. The van der Waals surface area contributed by atoms with Crippen molar-refractivity contribution in [2.24, 2.45) is 10.8 Å². The van der Waals surface area contributed by atoms with Gasteiger partial charge in [0.25, 0.3) is 0 Å². The molecule has 132 valence electrons. The van der Waals surface area contributed by atoms with Gasteiger partial charge in [0.05, 0.1) is 19.4 Å². The van der Waals surface area contributed by atoms with Gasteiger partial charge in [-0.1, -0.05) is 18.2 Å². The van der Waals surface area contributed by atoms with Crippen LogP contribution in [0.25, 0.3) is 10.4 Å². The number of thiophene rings is 1. The Morgan fingerprint density at radius 1 is 1.32 bits per heavy atom. The molecule has 4 nitrogen and oxygen atoms in total. The van der Waals surface area contributed by atoms with Crippen LogP contribution >= 0.6 is 11.3 Å². The normalized spacial score (nSPS) is 14.6. The lowest BCUT2D eigenvalue weighted by molar-refractivity contribution is 0.247. The van der Waals surface area contributed by atoms with Crippen LogP contribution in [0, 0.1) is 13.8 Å². The van der Waals surface area contributed by atoms with Crippen LogP contribution in [0.4, 0.5) is 4.39 Å². The highest BCUT2D eigenvalue weighted by Crippen LogP contribution is 2.32. The van der Waals surface area contributed by atoms with E-state index in [-0.39, 0.29) is 6.54 Å². The van der Waals surface area contributed by atoms with Gasteiger partial charge in [-0.25, -0.2) is 4.39 Å². The second-order valence-electron chi connectivity index (χ2n) is 6.27. The van der Waals surface area contributed by atoms with E-state index >= 15 is 0 Å². The van der Waals surface area contributed by atoms with Crippen molar-refractivity contribution in [3.05, 3.63) is 58.2 Å². The van der Waals surface area contributed by atoms with Crippen molar-refractivity contribution in [3.63, 3.8) is 0 Å². The standard InChI is InChI=1S/C19H23FN4S/c1-14-4-3-5-18(15(14)2)19-7-6-17(25-19)11-23-12-22-24(13-23)10-16(8-20)9-21/h3-8,12H,9-11,13,21H2,1-2H3/b16-8+. The van der Waals surface area contributed by atoms with Gasteiger partial charge in [0.1, 0.15) is 13.0 Å². The number of hydrazone groups is 1. The molecule has 25 heavy (non-hydrogen) atoms. The molecule has 1 aliphatic rings. The maximum absolute atomic E-state index is 12.6. The van der Waals surface area contributed by atoms with Crippen molar-refractivity contribution in [1.29, 1.82) is 0 Å². The van der Waals surface area contributed by atoms with Crippen LogP contribution in [-0.2, 0) is 6.54 Å². The highest BCUT2D eigenvalue weighted by molar-refractivity contribution is 7.15. The average Bonchev–Trinajstić information content (AvgIpc) is 3.25. The molecular formula is C19H23FN4S. The van der Waals surface area contributed by atoms with E-state index in [1.54, 1.807) is 11.3 Å². The van der Waals surface area contributed by atoms with Gasteiger partial charge < -0.3 is 10.6 Å². The molecule has 2 heterocycles. The quantitative estimate of drug-likeness (QED) is 0.853. The highest BCUT2D eigenvalue weighted by Gasteiger charge is 2.16. The van der Waals surface area contributed by atoms with E-state index in [1.807, 2.05) is 11.3 Å². The fourth-order valence-electron chi connectivity index (χ4n) is 2.81. The van der Waals surface area contributed by atoms with Crippen molar-refractivity contribution in [2.75, 3.05) is 19.8 Å². The van der Waals surface area contributed by atoms with Crippen LogP contribution in [0.3, 0.4) is 0 Å². The van der Waals surface area contributed by atoms with Crippen molar-refractivity contribution in [3.8, 4) is 10.4 Å². The molecule has 6 heteroatoms. The van der Waals surface area contributed by atoms with E-state index in [9.17, 15) is 4.39 Å².